The van der Waals surface area contributed by atoms with E-state index < -0.39 is 0 Å². The Morgan fingerprint density at radius 3 is 3.06 bits per heavy atom. The van der Waals surface area contributed by atoms with E-state index in [0.29, 0.717) is 6.04 Å². The topological polar surface area (TPSA) is 49.5 Å². The molecule has 90 valence electrons. The van der Waals surface area contributed by atoms with Gasteiger partial charge in [-0.25, -0.2) is 0 Å². The first kappa shape index (κ1) is 11.6. The van der Waals surface area contributed by atoms with Crippen LogP contribution in [-0.2, 0) is 6.54 Å². The summed E-state index contributed by atoms with van der Waals surface area (Å²) >= 11 is 0. The second kappa shape index (κ2) is 5.46. The number of rotatable bonds is 3. The van der Waals surface area contributed by atoms with Crippen molar-refractivity contribution in [3.8, 4) is 0 Å². The van der Waals surface area contributed by atoms with E-state index in [4.69, 9.17) is 4.52 Å². The molecule has 0 saturated carbocycles. The van der Waals surface area contributed by atoms with Crippen molar-refractivity contribution in [2.75, 3.05) is 13.2 Å². The molecule has 0 aromatic carbocycles. The fourth-order valence-electron chi connectivity index (χ4n) is 2.31. The van der Waals surface area contributed by atoms with E-state index in [-0.39, 0.29) is 6.61 Å². The number of aliphatic hydroxyl groups is 1. The van der Waals surface area contributed by atoms with Crippen LogP contribution in [0.1, 0.15) is 36.9 Å². The van der Waals surface area contributed by atoms with Gasteiger partial charge in [0.2, 0.25) is 0 Å². The molecular formula is C12H20N2O2. The molecule has 1 fully saturated rings. The van der Waals surface area contributed by atoms with E-state index in [0.717, 1.165) is 30.8 Å². The fourth-order valence-corrected chi connectivity index (χ4v) is 2.31. The van der Waals surface area contributed by atoms with Crippen LogP contribution in [0.5, 0.6) is 0 Å². The van der Waals surface area contributed by atoms with Crippen molar-refractivity contribution in [2.45, 2.75) is 45.2 Å². The van der Waals surface area contributed by atoms with E-state index in [1.165, 1.54) is 19.3 Å². The molecule has 1 aromatic heterocycles. The average Bonchev–Trinajstić information content (AvgIpc) is 2.56. The number of aryl methyl sites for hydroxylation is 1. The molecule has 1 aromatic rings. The van der Waals surface area contributed by atoms with Crippen LogP contribution in [0.4, 0.5) is 0 Å². The Hall–Kier alpha value is -0.870. The Kier molecular flexibility index (Phi) is 3.96. The summed E-state index contributed by atoms with van der Waals surface area (Å²) in [7, 11) is 0. The van der Waals surface area contributed by atoms with Gasteiger partial charge in [0.05, 0.1) is 6.61 Å². The number of hydrogen-bond acceptors (Lipinski definition) is 4. The van der Waals surface area contributed by atoms with E-state index in [2.05, 4.69) is 10.1 Å². The van der Waals surface area contributed by atoms with E-state index in [1.807, 2.05) is 6.92 Å². The van der Waals surface area contributed by atoms with Crippen LogP contribution in [0.2, 0.25) is 0 Å². The van der Waals surface area contributed by atoms with E-state index in [9.17, 15) is 5.11 Å². The summed E-state index contributed by atoms with van der Waals surface area (Å²) in [6.07, 6.45) is 6.48. The van der Waals surface area contributed by atoms with Gasteiger partial charge in [-0.3, -0.25) is 4.90 Å². The largest absolute Gasteiger partial charge is 0.395 e. The molecule has 2 rings (SSSR count). The van der Waals surface area contributed by atoms with Crippen molar-refractivity contribution in [3.63, 3.8) is 0 Å². The summed E-state index contributed by atoms with van der Waals surface area (Å²) < 4.78 is 4.95. The molecule has 1 atom stereocenters. The maximum absolute atomic E-state index is 9.40. The minimum atomic E-state index is 0.247. The van der Waals surface area contributed by atoms with Gasteiger partial charge in [0.15, 0.2) is 0 Å². The highest BCUT2D eigenvalue weighted by Crippen LogP contribution is 2.19. The first-order valence-electron chi connectivity index (χ1n) is 6.06. The van der Waals surface area contributed by atoms with Crippen LogP contribution in [0.15, 0.2) is 10.8 Å². The molecular weight excluding hydrogens is 204 g/mol. The summed E-state index contributed by atoms with van der Waals surface area (Å²) in [5.41, 5.74) is 2.10. The molecule has 0 bridgehead atoms. The van der Waals surface area contributed by atoms with Crippen LogP contribution >= 0.6 is 0 Å². The molecule has 1 N–H and O–H groups in total. The van der Waals surface area contributed by atoms with Gasteiger partial charge in [-0.05, 0) is 26.3 Å². The van der Waals surface area contributed by atoms with Gasteiger partial charge in [0.1, 0.15) is 12.0 Å². The Morgan fingerprint density at radius 2 is 2.38 bits per heavy atom. The van der Waals surface area contributed by atoms with Crippen molar-refractivity contribution < 1.29 is 9.63 Å². The van der Waals surface area contributed by atoms with Gasteiger partial charge >= 0.3 is 0 Å². The number of nitrogens with zero attached hydrogens (tertiary/aromatic N) is 2. The Morgan fingerprint density at radius 1 is 1.50 bits per heavy atom. The molecule has 1 aliphatic rings. The third-order valence-corrected chi connectivity index (χ3v) is 3.41. The smallest absolute Gasteiger partial charge is 0.127 e. The second-order valence-corrected chi connectivity index (χ2v) is 4.60. The van der Waals surface area contributed by atoms with E-state index in [1.54, 1.807) is 6.26 Å². The number of aromatic nitrogens is 1. The molecule has 4 heteroatoms. The number of hydrogen-bond donors (Lipinski definition) is 1. The molecule has 1 unspecified atom stereocenters. The SMILES string of the molecule is Cc1conc1CN1CCCCCC1CO. The molecule has 4 nitrogen and oxygen atoms in total. The summed E-state index contributed by atoms with van der Waals surface area (Å²) in [5.74, 6) is 0. The normalized spacial score (nSPS) is 23.2. The summed E-state index contributed by atoms with van der Waals surface area (Å²) in [6.45, 7) is 4.11. The zero-order chi connectivity index (χ0) is 11.4. The average molecular weight is 224 g/mol. The van der Waals surface area contributed by atoms with Gasteiger partial charge in [-0.2, -0.15) is 0 Å². The molecule has 0 radical (unpaired) electrons. The van der Waals surface area contributed by atoms with Crippen LogP contribution < -0.4 is 0 Å². The maximum Gasteiger partial charge on any atom is 0.127 e. The number of likely N-dealkylation sites (tertiary alicyclic amines) is 1. The minimum Gasteiger partial charge on any atom is -0.395 e. The van der Waals surface area contributed by atoms with Crippen molar-refractivity contribution >= 4 is 0 Å². The van der Waals surface area contributed by atoms with Crippen LogP contribution in [0.25, 0.3) is 0 Å². The quantitative estimate of drug-likeness (QED) is 0.849. The Bertz CT molecular complexity index is 325. The van der Waals surface area contributed by atoms with Crippen LogP contribution in [0.3, 0.4) is 0 Å². The summed E-state index contributed by atoms with van der Waals surface area (Å²) in [6, 6.07) is 0.290. The third kappa shape index (κ3) is 2.62. The standard InChI is InChI=1S/C12H20N2O2/c1-10-9-16-13-12(10)7-14-6-4-2-3-5-11(14)8-15/h9,11,15H,2-8H2,1H3. The molecule has 2 heterocycles. The lowest BCUT2D eigenvalue weighted by Crippen LogP contribution is -2.37. The molecule has 1 aliphatic heterocycles. The van der Waals surface area contributed by atoms with Gasteiger partial charge in [-0.15, -0.1) is 0 Å². The first-order chi connectivity index (χ1) is 7.81. The zero-order valence-corrected chi connectivity index (χ0v) is 9.85. The number of aliphatic hydroxyl groups excluding tert-OH is 1. The van der Waals surface area contributed by atoms with Gasteiger partial charge < -0.3 is 9.63 Å². The van der Waals surface area contributed by atoms with Crippen molar-refractivity contribution in [1.82, 2.24) is 10.1 Å². The molecule has 0 amide bonds. The monoisotopic (exact) mass is 224 g/mol. The van der Waals surface area contributed by atoms with Gasteiger partial charge in [0, 0.05) is 18.2 Å². The molecule has 1 saturated heterocycles. The van der Waals surface area contributed by atoms with Gasteiger partial charge in [0.25, 0.3) is 0 Å². The predicted molar refractivity (Wildman–Crippen MR) is 61.0 cm³/mol. The lowest BCUT2D eigenvalue weighted by atomic mass is 10.1. The molecule has 0 spiro atoms. The highest BCUT2D eigenvalue weighted by atomic mass is 16.5. The summed E-state index contributed by atoms with van der Waals surface area (Å²) in [4.78, 5) is 2.33. The zero-order valence-electron chi connectivity index (χ0n) is 9.85. The lowest BCUT2D eigenvalue weighted by molar-refractivity contribution is 0.116. The molecule has 16 heavy (non-hydrogen) atoms. The first-order valence-corrected chi connectivity index (χ1v) is 6.06. The third-order valence-electron chi connectivity index (χ3n) is 3.41. The Balaban J connectivity index is 2.03. The van der Waals surface area contributed by atoms with E-state index >= 15 is 0 Å². The van der Waals surface area contributed by atoms with Gasteiger partial charge in [-0.1, -0.05) is 18.0 Å². The minimum absolute atomic E-state index is 0.247. The summed E-state index contributed by atoms with van der Waals surface area (Å²) in [5, 5.41) is 13.4. The lowest BCUT2D eigenvalue weighted by Gasteiger charge is -2.27. The highest BCUT2D eigenvalue weighted by Gasteiger charge is 2.21. The van der Waals surface area contributed by atoms with Crippen LogP contribution in [-0.4, -0.2) is 34.4 Å². The van der Waals surface area contributed by atoms with Crippen LogP contribution in [0, 0.1) is 6.92 Å². The van der Waals surface area contributed by atoms with Crippen molar-refractivity contribution in [1.29, 1.82) is 0 Å². The van der Waals surface area contributed by atoms with Crippen molar-refractivity contribution in [2.24, 2.45) is 0 Å². The fraction of sp³-hybridized carbons (Fsp3) is 0.750. The second-order valence-electron chi connectivity index (χ2n) is 4.60. The Labute approximate surface area is 96.2 Å². The highest BCUT2D eigenvalue weighted by molar-refractivity contribution is 5.11. The molecule has 0 aliphatic carbocycles. The predicted octanol–water partition coefficient (Wildman–Crippen LogP) is 1.72. The maximum atomic E-state index is 9.40. The van der Waals surface area contributed by atoms with Crippen molar-refractivity contribution in [3.05, 3.63) is 17.5 Å².